The van der Waals surface area contributed by atoms with Gasteiger partial charge in [-0.1, -0.05) is 60.7 Å². The molecule has 0 spiro atoms. The summed E-state index contributed by atoms with van der Waals surface area (Å²) >= 11 is 0. The number of aromatic nitrogens is 5. The van der Waals surface area contributed by atoms with Crippen LogP contribution in [0.2, 0.25) is 0 Å². The fourth-order valence-corrected chi connectivity index (χ4v) is 5.38. The van der Waals surface area contributed by atoms with Crippen LogP contribution in [0, 0.1) is 0 Å². The molecule has 0 amide bonds. The molecule has 7 rings (SSSR count). The molecule has 1 aliphatic rings. The number of H-pyrrole nitrogens is 1. The summed E-state index contributed by atoms with van der Waals surface area (Å²) in [6, 6.07) is 32.0. The minimum Gasteiger partial charge on any atom is -0.283 e. The highest BCUT2D eigenvalue weighted by Crippen LogP contribution is 2.55. The summed E-state index contributed by atoms with van der Waals surface area (Å²) in [5.74, 6) is 0. The third kappa shape index (κ3) is 2.39. The molecule has 5 heteroatoms. The predicted octanol–water partition coefficient (Wildman–Crippen LogP) is 5.51. The van der Waals surface area contributed by atoms with Crippen LogP contribution < -0.4 is 0 Å². The fraction of sp³-hybridized carbons (Fsp3) is 0.0357. The van der Waals surface area contributed by atoms with Crippen molar-refractivity contribution in [1.29, 1.82) is 0 Å². The van der Waals surface area contributed by atoms with Crippen molar-refractivity contribution in [3.63, 3.8) is 0 Å². The van der Waals surface area contributed by atoms with E-state index >= 15 is 0 Å². The van der Waals surface area contributed by atoms with Crippen molar-refractivity contribution >= 4 is 11.2 Å². The molecule has 0 saturated heterocycles. The maximum atomic E-state index is 4.57. The number of aromatic amines is 1. The lowest BCUT2D eigenvalue weighted by Gasteiger charge is -2.32. The van der Waals surface area contributed by atoms with Gasteiger partial charge in [-0.15, -0.1) is 0 Å². The van der Waals surface area contributed by atoms with Crippen molar-refractivity contribution < 1.29 is 0 Å². The lowest BCUT2D eigenvalue weighted by molar-refractivity contribution is 0.727. The summed E-state index contributed by atoms with van der Waals surface area (Å²) < 4.78 is 2.05. The number of nitrogens with one attached hydrogen (secondary N) is 1. The van der Waals surface area contributed by atoms with Gasteiger partial charge in [0.05, 0.1) is 11.1 Å². The molecule has 3 heterocycles. The molecule has 0 bridgehead atoms. The van der Waals surface area contributed by atoms with Gasteiger partial charge in [-0.25, -0.2) is 9.97 Å². The number of rotatable bonds is 3. The number of fused-ring (bicyclic) bond motifs is 4. The van der Waals surface area contributed by atoms with E-state index in [1.54, 1.807) is 6.20 Å². The molecule has 3 aromatic heterocycles. The fourth-order valence-electron chi connectivity index (χ4n) is 5.38. The summed E-state index contributed by atoms with van der Waals surface area (Å²) in [6.07, 6.45) is 5.48. The summed E-state index contributed by atoms with van der Waals surface area (Å²) in [5.41, 5.74) is 9.47. The molecule has 3 aromatic carbocycles. The van der Waals surface area contributed by atoms with Crippen LogP contribution in [-0.4, -0.2) is 24.7 Å². The Morgan fingerprint density at radius 3 is 2.24 bits per heavy atom. The average Bonchev–Trinajstić information content (AvgIpc) is 3.61. The first-order valence-corrected chi connectivity index (χ1v) is 11.0. The molecule has 0 aliphatic heterocycles. The molecule has 0 radical (unpaired) electrons. The molecule has 1 N–H and O–H groups in total. The van der Waals surface area contributed by atoms with Crippen molar-refractivity contribution in [2.45, 2.75) is 5.41 Å². The van der Waals surface area contributed by atoms with E-state index < -0.39 is 5.41 Å². The van der Waals surface area contributed by atoms with Gasteiger partial charge in [0.2, 0.25) is 0 Å². The van der Waals surface area contributed by atoms with Crippen LogP contribution in [0.25, 0.3) is 28.0 Å². The normalized spacial score (nSPS) is 13.7. The first-order chi connectivity index (χ1) is 16.4. The molecule has 0 atom stereocenters. The van der Waals surface area contributed by atoms with Gasteiger partial charge in [0, 0.05) is 18.1 Å². The number of pyridine rings is 1. The average molecular weight is 425 g/mol. The maximum absolute atomic E-state index is 4.57. The van der Waals surface area contributed by atoms with Crippen molar-refractivity contribution in [2.75, 3.05) is 0 Å². The summed E-state index contributed by atoms with van der Waals surface area (Å²) in [6.45, 7) is 0. The number of imidazole rings is 1. The molecule has 5 nitrogen and oxygen atoms in total. The Morgan fingerprint density at radius 1 is 0.697 bits per heavy atom. The van der Waals surface area contributed by atoms with Gasteiger partial charge < -0.3 is 0 Å². The van der Waals surface area contributed by atoms with Gasteiger partial charge in [-0.2, -0.15) is 5.10 Å². The third-order valence-corrected chi connectivity index (χ3v) is 6.72. The van der Waals surface area contributed by atoms with Crippen LogP contribution in [0.1, 0.15) is 22.4 Å². The quantitative estimate of drug-likeness (QED) is 0.406. The zero-order valence-corrected chi connectivity index (χ0v) is 17.7. The number of hydrogen-bond acceptors (Lipinski definition) is 3. The molecule has 0 fully saturated rings. The van der Waals surface area contributed by atoms with E-state index in [2.05, 4.69) is 99.0 Å². The van der Waals surface area contributed by atoms with E-state index in [1.165, 1.54) is 27.8 Å². The maximum Gasteiger partial charge on any atom is 0.164 e. The second-order valence-electron chi connectivity index (χ2n) is 8.32. The number of benzene rings is 3. The minimum atomic E-state index is -0.497. The lowest BCUT2D eigenvalue weighted by atomic mass is 9.70. The van der Waals surface area contributed by atoms with E-state index in [9.17, 15) is 0 Å². The number of nitrogens with zero attached hydrogens (tertiary/aromatic N) is 4. The monoisotopic (exact) mass is 425 g/mol. The van der Waals surface area contributed by atoms with Crippen LogP contribution in [0.3, 0.4) is 0 Å². The Bertz CT molecular complexity index is 1580. The lowest BCUT2D eigenvalue weighted by Crippen LogP contribution is -2.29. The first-order valence-electron chi connectivity index (χ1n) is 11.0. The van der Waals surface area contributed by atoms with Crippen LogP contribution in [0.4, 0.5) is 0 Å². The van der Waals surface area contributed by atoms with Gasteiger partial charge >= 0.3 is 0 Å². The largest absolute Gasteiger partial charge is 0.283 e. The van der Waals surface area contributed by atoms with Crippen LogP contribution in [0.5, 0.6) is 0 Å². The standard InChI is InChI=1S/C28H19N5/c1-3-11-23-21(9-1)22-10-2-4-12-24(22)28(23,26-14-16-31-32-26)19-7-5-8-20(17-19)33-18-30-25-13-6-15-29-27(25)33/h1-18H,(H,31,32). The minimum absolute atomic E-state index is 0.497. The smallest absolute Gasteiger partial charge is 0.164 e. The van der Waals surface area contributed by atoms with E-state index in [1.807, 2.05) is 29.2 Å². The highest BCUT2D eigenvalue weighted by atomic mass is 15.1. The van der Waals surface area contributed by atoms with Crippen LogP contribution in [-0.2, 0) is 5.41 Å². The number of hydrogen-bond donors (Lipinski definition) is 1. The molecule has 0 saturated carbocycles. The van der Waals surface area contributed by atoms with Crippen molar-refractivity contribution in [3.05, 3.63) is 132 Å². The molecule has 1 aliphatic carbocycles. The molecule has 33 heavy (non-hydrogen) atoms. The van der Waals surface area contributed by atoms with Crippen molar-refractivity contribution in [3.8, 4) is 16.8 Å². The first kappa shape index (κ1) is 18.1. The van der Waals surface area contributed by atoms with Crippen LogP contribution in [0.15, 0.2) is 110 Å². The van der Waals surface area contributed by atoms with Gasteiger partial charge in [0.15, 0.2) is 5.65 Å². The van der Waals surface area contributed by atoms with Crippen LogP contribution >= 0.6 is 0 Å². The molecular weight excluding hydrogens is 406 g/mol. The zero-order valence-electron chi connectivity index (χ0n) is 17.7. The van der Waals surface area contributed by atoms with E-state index in [4.69, 9.17) is 0 Å². The zero-order chi connectivity index (χ0) is 21.8. The molecule has 156 valence electrons. The van der Waals surface area contributed by atoms with E-state index in [0.29, 0.717) is 0 Å². The Labute approximate surface area is 190 Å². The highest BCUT2D eigenvalue weighted by Gasteiger charge is 2.47. The van der Waals surface area contributed by atoms with Crippen molar-refractivity contribution in [1.82, 2.24) is 24.7 Å². The topological polar surface area (TPSA) is 59.4 Å². The Morgan fingerprint density at radius 2 is 1.48 bits per heavy atom. The Balaban J connectivity index is 1.56. The van der Waals surface area contributed by atoms with Crippen molar-refractivity contribution in [2.24, 2.45) is 0 Å². The van der Waals surface area contributed by atoms with Gasteiger partial charge in [-0.05, 0) is 58.1 Å². The molecule has 6 aromatic rings. The summed E-state index contributed by atoms with van der Waals surface area (Å²) in [5, 5.41) is 7.65. The molecule has 0 unspecified atom stereocenters. The van der Waals surface area contributed by atoms with E-state index in [-0.39, 0.29) is 0 Å². The Kier molecular flexibility index (Phi) is 3.70. The SMILES string of the molecule is c1cc(-n2cnc3cccnc32)cc(C2(c3ccn[nH]3)c3ccccc3-c3ccccc32)c1. The highest BCUT2D eigenvalue weighted by molar-refractivity contribution is 5.86. The van der Waals surface area contributed by atoms with E-state index in [0.717, 1.165) is 22.5 Å². The molecular formula is C28H19N5. The Hall–Kier alpha value is -4.51. The summed E-state index contributed by atoms with van der Waals surface area (Å²) in [7, 11) is 0. The third-order valence-electron chi connectivity index (χ3n) is 6.72. The van der Waals surface area contributed by atoms with Gasteiger partial charge in [-0.3, -0.25) is 9.67 Å². The second kappa shape index (κ2) is 6.74. The van der Waals surface area contributed by atoms with Gasteiger partial charge in [0.25, 0.3) is 0 Å². The second-order valence-corrected chi connectivity index (χ2v) is 8.32. The summed E-state index contributed by atoms with van der Waals surface area (Å²) in [4.78, 5) is 9.11. The van der Waals surface area contributed by atoms with Gasteiger partial charge in [0.1, 0.15) is 11.8 Å². The predicted molar refractivity (Wildman–Crippen MR) is 128 cm³/mol.